The van der Waals surface area contributed by atoms with Gasteiger partial charge >= 0.3 is 5.97 Å². The fourth-order valence-corrected chi connectivity index (χ4v) is 2.19. The third kappa shape index (κ3) is 4.05. The summed E-state index contributed by atoms with van der Waals surface area (Å²) in [5, 5.41) is 11.3. The summed E-state index contributed by atoms with van der Waals surface area (Å²) in [6, 6.07) is 9.26. The highest BCUT2D eigenvalue weighted by atomic mass is 16.6. The average molecular weight is 265 g/mol. The molecule has 0 aromatic heterocycles. The number of carbonyl (C=O) groups is 1. The molecule has 0 N–H and O–H groups in total. The van der Waals surface area contributed by atoms with Crippen molar-refractivity contribution >= 4 is 5.97 Å². The summed E-state index contributed by atoms with van der Waals surface area (Å²) >= 11 is 0. The van der Waals surface area contributed by atoms with Gasteiger partial charge in [0, 0.05) is 24.7 Å². The van der Waals surface area contributed by atoms with E-state index >= 15 is 0 Å². The number of rotatable bonds is 6. The second-order valence-corrected chi connectivity index (χ2v) is 5.04. The fourth-order valence-electron chi connectivity index (χ4n) is 2.19. The zero-order valence-corrected chi connectivity index (χ0v) is 11.5. The molecule has 0 heterocycles. The van der Waals surface area contributed by atoms with E-state index in [1.54, 1.807) is 13.8 Å². The monoisotopic (exact) mass is 265 g/mol. The van der Waals surface area contributed by atoms with Gasteiger partial charge in [-0.25, -0.2) is 0 Å². The van der Waals surface area contributed by atoms with E-state index in [0.29, 0.717) is 6.42 Å². The summed E-state index contributed by atoms with van der Waals surface area (Å²) < 4.78 is 4.63. The van der Waals surface area contributed by atoms with Gasteiger partial charge in [-0.05, 0) is 5.56 Å². The maximum Gasteiger partial charge on any atom is 0.308 e. The van der Waals surface area contributed by atoms with Crippen LogP contribution in [0, 0.1) is 16.0 Å². The molecule has 0 saturated heterocycles. The van der Waals surface area contributed by atoms with Crippen molar-refractivity contribution < 1.29 is 14.5 Å². The highest BCUT2D eigenvalue weighted by Gasteiger charge is 2.40. The molecule has 0 bridgehead atoms. The van der Waals surface area contributed by atoms with E-state index in [0.717, 1.165) is 5.56 Å². The molecule has 1 rings (SSSR count). The van der Waals surface area contributed by atoms with Gasteiger partial charge in [-0.2, -0.15) is 0 Å². The van der Waals surface area contributed by atoms with Crippen LogP contribution in [-0.4, -0.2) is 23.5 Å². The van der Waals surface area contributed by atoms with Crippen molar-refractivity contribution in [3.8, 4) is 0 Å². The molecule has 0 aliphatic heterocycles. The van der Waals surface area contributed by atoms with Crippen LogP contribution < -0.4 is 0 Å². The first-order chi connectivity index (χ1) is 8.89. The van der Waals surface area contributed by atoms with Crippen LogP contribution in [0.25, 0.3) is 0 Å². The van der Waals surface area contributed by atoms with Gasteiger partial charge in [0.1, 0.15) is 0 Å². The molecule has 0 saturated carbocycles. The predicted octanol–water partition coefficient (Wildman–Crippen LogP) is 2.46. The molecule has 19 heavy (non-hydrogen) atoms. The first-order valence-corrected chi connectivity index (χ1v) is 6.15. The maximum absolute atomic E-state index is 11.4. The van der Waals surface area contributed by atoms with Crippen LogP contribution in [0.4, 0.5) is 0 Å². The zero-order valence-electron chi connectivity index (χ0n) is 11.5. The predicted molar refractivity (Wildman–Crippen MR) is 71.3 cm³/mol. The highest BCUT2D eigenvalue weighted by Crippen LogP contribution is 2.25. The number of carbonyl (C=O) groups excluding carboxylic acids is 1. The number of methoxy groups -OCH3 is 1. The molecular weight excluding hydrogens is 246 g/mol. The molecule has 0 fully saturated rings. The highest BCUT2D eigenvalue weighted by molar-refractivity contribution is 5.71. The molecule has 0 spiro atoms. The minimum atomic E-state index is -1.17. The Hall–Kier alpha value is -1.91. The van der Waals surface area contributed by atoms with E-state index in [4.69, 9.17) is 0 Å². The number of hydrogen-bond donors (Lipinski definition) is 0. The van der Waals surface area contributed by atoms with Crippen molar-refractivity contribution in [1.29, 1.82) is 0 Å². The standard InChI is InChI=1S/C14H19NO4/c1-11(13(16)19-3)9-14(2,15(17)18)10-12-7-5-4-6-8-12/h4-8,11H,9-10H2,1-3H3. The Kier molecular flexibility index (Phi) is 5.03. The van der Waals surface area contributed by atoms with Crippen LogP contribution in [0.5, 0.6) is 0 Å². The first kappa shape index (κ1) is 15.1. The Balaban J connectivity index is 2.86. The molecule has 1 aromatic carbocycles. The lowest BCUT2D eigenvalue weighted by Crippen LogP contribution is -2.40. The molecule has 104 valence electrons. The summed E-state index contributed by atoms with van der Waals surface area (Å²) in [5.41, 5.74) is -0.284. The summed E-state index contributed by atoms with van der Waals surface area (Å²) in [5.74, 6) is -0.912. The van der Waals surface area contributed by atoms with Gasteiger partial charge in [0.05, 0.1) is 13.0 Å². The van der Waals surface area contributed by atoms with Crippen LogP contribution in [-0.2, 0) is 16.0 Å². The van der Waals surface area contributed by atoms with Crippen molar-refractivity contribution in [1.82, 2.24) is 0 Å². The summed E-state index contributed by atoms with van der Waals surface area (Å²) in [6.45, 7) is 3.22. The van der Waals surface area contributed by atoms with Crippen molar-refractivity contribution in [2.24, 2.45) is 5.92 Å². The summed E-state index contributed by atoms with van der Waals surface area (Å²) in [4.78, 5) is 22.4. The largest absolute Gasteiger partial charge is 0.469 e. The number of nitrogens with zero attached hydrogens (tertiary/aromatic N) is 1. The SMILES string of the molecule is COC(=O)C(C)CC(C)(Cc1ccccc1)[N+](=O)[O-]. The number of benzene rings is 1. The van der Waals surface area contributed by atoms with Crippen molar-refractivity contribution in [2.75, 3.05) is 7.11 Å². The Labute approximate surface area is 112 Å². The van der Waals surface area contributed by atoms with Crippen LogP contribution in [0.15, 0.2) is 30.3 Å². The Bertz CT molecular complexity index is 446. The van der Waals surface area contributed by atoms with Crippen molar-refractivity contribution in [3.05, 3.63) is 46.0 Å². The van der Waals surface area contributed by atoms with E-state index in [2.05, 4.69) is 4.74 Å². The van der Waals surface area contributed by atoms with Crippen LogP contribution in [0.3, 0.4) is 0 Å². The van der Waals surface area contributed by atoms with Gasteiger partial charge in [-0.1, -0.05) is 37.3 Å². The number of nitro groups is 1. The second-order valence-electron chi connectivity index (χ2n) is 5.04. The smallest absolute Gasteiger partial charge is 0.308 e. The van der Waals surface area contributed by atoms with Crippen molar-refractivity contribution in [3.63, 3.8) is 0 Å². The summed E-state index contributed by atoms with van der Waals surface area (Å²) in [7, 11) is 1.29. The van der Waals surface area contributed by atoms with E-state index in [-0.39, 0.29) is 11.3 Å². The van der Waals surface area contributed by atoms with Crippen LogP contribution >= 0.6 is 0 Å². The van der Waals surface area contributed by atoms with E-state index < -0.39 is 17.4 Å². The third-order valence-electron chi connectivity index (χ3n) is 3.22. The number of esters is 1. The minimum absolute atomic E-state index is 0.154. The number of hydrogen-bond acceptors (Lipinski definition) is 4. The van der Waals surface area contributed by atoms with Crippen molar-refractivity contribution in [2.45, 2.75) is 32.2 Å². The molecule has 2 unspecified atom stereocenters. The Morgan fingerprint density at radius 2 is 2.00 bits per heavy atom. The lowest BCUT2D eigenvalue weighted by molar-refractivity contribution is -0.567. The normalized spacial score (nSPS) is 15.3. The van der Waals surface area contributed by atoms with E-state index in [1.807, 2.05) is 30.3 Å². The fraction of sp³-hybridized carbons (Fsp3) is 0.500. The van der Waals surface area contributed by atoms with Crippen LogP contribution in [0.2, 0.25) is 0 Å². The molecule has 0 amide bonds. The zero-order chi connectivity index (χ0) is 14.5. The summed E-state index contributed by atoms with van der Waals surface area (Å²) in [6.07, 6.45) is 0.448. The second kappa shape index (κ2) is 6.31. The number of ether oxygens (including phenoxy) is 1. The molecule has 5 nitrogen and oxygen atoms in total. The quantitative estimate of drug-likeness (QED) is 0.450. The van der Waals surface area contributed by atoms with E-state index in [1.165, 1.54) is 7.11 Å². The maximum atomic E-state index is 11.4. The van der Waals surface area contributed by atoms with Crippen LogP contribution in [0.1, 0.15) is 25.8 Å². The van der Waals surface area contributed by atoms with Gasteiger partial charge in [0.2, 0.25) is 5.54 Å². The molecule has 2 atom stereocenters. The van der Waals surface area contributed by atoms with Gasteiger partial charge in [0.15, 0.2) is 0 Å². The Morgan fingerprint density at radius 1 is 1.42 bits per heavy atom. The molecular formula is C14H19NO4. The van der Waals surface area contributed by atoms with Gasteiger partial charge in [0.25, 0.3) is 0 Å². The molecule has 0 radical (unpaired) electrons. The lowest BCUT2D eigenvalue weighted by atomic mass is 9.85. The minimum Gasteiger partial charge on any atom is -0.469 e. The lowest BCUT2D eigenvalue weighted by Gasteiger charge is -2.23. The van der Waals surface area contributed by atoms with Gasteiger partial charge in [-0.15, -0.1) is 0 Å². The molecule has 0 aliphatic rings. The van der Waals surface area contributed by atoms with E-state index in [9.17, 15) is 14.9 Å². The topological polar surface area (TPSA) is 69.4 Å². The van der Waals surface area contributed by atoms with Gasteiger partial charge in [-0.3, -0.25) is 14.9 Å². The first-order valence-electron chi connectivity index (χ1n) is 6.15. The molecule has 0 aliphatic carbocycles. The average Bonchev–Trinajstić information content (AvgIpc) is 2.38. The van der Waals surface area contributed by atoms with Gasteiger partial charge < -0.3 is 4.74 Å². The molecule has 5 heteroatoms. The molecule has 1 aromatic rings. The Morgan fingerprint density at radius 3 is 2.47 bits per heavy atom. The third-order valence-corrected chi connectivity index (χ3v) is 3.22.